The Hall–Kier alpha value is -2.25. The lowest BCUT2D eigenvalue weighted by molar-refractivity contribution is -0.122. The lowest BCUT2D eigenvalue weighted by Gasteiger charge is -2.26. The number of carbonyl (C=O) groups is 1. The first-order valence-corrected chi connectivity index (χ1v) is 11.4. The predicted octanol–water partition coefficient (Wildman–Crippen LogP) is 3.77. The van der Waals surface area contributed by atoms with Crippen molar-refractivity contribution in [3.05, 3.63) is 65.5 Å². The predicted molar refractivity (Wildman–Crippen MR) is 110 cm³/mol. The van der Waals surface area contributed by atoms with Gasteiger partial charge in [0.15, 0.2) is 0 Å². The lowest BCUT2D eigenvalue weighted by atomic mass is 9.95. The van der Waals surface area contributed by atoms with Crippen LogP contribution in [0.5, 0.6) is 0 Å². The second kappa shape index (κ2) is 9.50. The van der Waals surface area contributed by atoms with Gasteiger partial charge < -0.3 is 5.32 Å². The average molecular weight is 419 g/mol. The maximum absolute atomic E-state index is 14.2. The van der Waals surface area contributed by atoms with Crippen molar-refractivity contribution in [3.8, 4) is 0 Å². The quantitative estimate of drug-likeness (QED) is 0.744. The van der Waals surface area contributed by atoms with Gasteiger partial charge in [-0.3, -0.25) is 4.79 Å². The Bertz CT molecular complexity index is 939. The van der Waals surface area contributed by atoms with Crippen LogP contribution in [0, 0.1) is 12.7 Å². The number of halogens is 1. The second-order valence-corrected chi connectivity index (χ2v) is 9.52. The second-order valence-electron chi connectivity index (χ2n) is 7.58. The number of rotatable bonds is 7. The van der Waals surface area contributed by atoms with Crippen molar-refractivity contribution in [2.45, 2.75) is 56.5 Å². The highest BCUT2D eigenvalue weighted by molar-refractivity contribution is 7.89. The molecule has 5 nitrogen and oxygen atoms in total. The Kier molecular flexibility index (Phi) is 7.03. The summed E-state index contributed by atoms with van der Waals surface area (Å²) >= 11 is 0. The van der Waals surface area contributed by atoms with Crippen molar-refractivity contribution < 1.29 is 17.6 Å². The molecule has 0 unspecified atom stereocenters. The van der Waals surface area contributed by atoms with Crippen LogP contribution in [0.2, 0.25) is 0 Å². The highest BCUT2D eigenvalue weighted by Crippen LogP contribution is 2.21. The number of benzene rings is 2. The molecule has 0 heterocycles. The van der Waals surface area contributed by atoms with Crippen molar-refractivity contribution in [2.24, 2.45) is 0 Å². The van der Waals surface area contributed by atoms with E-state index in [2.05, 4.69) is 5.32 Å². The van der Waals surface area contributed by atoms with Crippen molar-refractivity contribution in [2.75, 3.05) is 6.54 Å². The summed E-state index contributed by atoms with van der Waals surface area (Å²) in [5.74, 6) is -0.853. The zero-order chi connectivity index (χ0) is 20.9. The third-order valence-corrected chi connectivity index (χ3v) is 7.06. The number of sulfonamides is 1. The molecule has 1 fully saturated rings. The molecule has 3 rings (SSSR count). The van der Waals surface area contributed by atoms with Gasteiger partial charge in [0.05, 0.1) is 11.4 Å². The van der Waals surface area contributed by atoms with Crippen LogP contribution in [0.3, 0.4) is 0 Å². The summed E-state index contributed by atoms with van der Waals surface area (Å²) in [6, 6.07) is 12.5. The minimum absolute atomic E-state index is 0.0774. The smallest absolute Gasteiger partial charge is 0.243 e. The van der Waals surface area contributed by atoms with Gasteiger partial charge in [-0.25, -0.2) is 12.8 Å². The third kappa shape index (κ3) is 5.64. The van der Waals surface area contributed by atoms with Crippen LogP contribution in [0.25, 0.3) is 0 Å². The van der Waals surface area contributed by atoms with Crippen molar-refractivity contribution in [1.29, 1.82) is 0 Å². The van der Waals surface area contributed by atoms with Gasteiger partial charge in [0.25, 0.3) is 0 Å². The van der Waals surface area contributed by atoms with Crippen LogP contribution in [0.4, 0.5) is 4.39 Å². The molecule has 0 bridgehead atoms. The molecule has 1 N–H and O–H groups in total. The van der Waals surface area contributed by atoms with E-state index in [9.17, 15) is 17.6 Å². The summed E-state index contributed by atoms with van der Waals surface area (Å²) in [6.07, 6.45) is 5.10. The zero-order valence-electron chi connectivity index (χ0n) is 16.6. The van der Waals surface area contributed by atoms with Gasteiger partial charge >= 0.3 is 0 Å². The van der Waals surface area contributed by atoms with Crippen molar-refractivity contribution >= 4 is 15.9 Å². The molecule has 156 valence electrons. The Morgan fingerprint density at radius 3 is 2.38 bits per heavy atom. The molecule has 0 spiro atoms. The van der Waals surface area contributed by atoms with Gasteiger partial charge in [0.2, 0.25) is 15.9 Å². The summed E-state index contributed by atoms with van der Waals surface area (Å²) in [5.41, 5.74) is 1.16. The molecule has 29 heavy (non-hydrogen) atoms. The van der Waals surface area contributed by atoms with Gasteiger partial charge in [-0.1, -0.05) is 55.2 Å². The maximum atomic E-state index is 14.2. The normalized spacial score (nSPS) is 15.4. The van der Waals surface area contributed by atoms with E-state index in [0.717, 1.165) is 42.0 Å². The van der Waals surface area contributed by atoms with E-state index in [1.807, 2.05) is 6.92 Å². The molecule has 0 aromatic heterocycles. The van der Waals surface area contributed by atoms with E-state index in [1.54, 1.807) is 24.3 Å². The maximum Gasteiger partial charge on any atom is 0.243 e. The number of hydrogen-bond acceptors (Lipinski definition) is 3. The standard InChI is InChI=1S/C22H27FN2O3S/c1-17-11-13-20(14-12-17)29(27,28)25(15-18-7-5-6-10-21(18)23)16-22(26)24-19-8-3-2-4-9-19/h5-7,10-14,19H,2-4,8-9,15-16H2,1H3,(H,24,26). The molecule has 0 aliphatic heterocycles. The van der Waals surface area contributed by atoms with Gasteiger partial charge in [-0.2, -0.15) is 4.31 Å². The average Bonchev–Trinajstić information content (AvgIpc) is 2.70. The SMILES string of the molecule is Cc1ccc(S(=O)(=O)N(CC(=O)NC2CCCCC2)Cc2ccccc2F)cc1. The molecule has 0 radical (unpaired) electrons. The van der Waals surface area contributed by atoms with E-state index < -0.39 is 15.8 Å². The Balaban J connectivity index is 1.83. The number of aryl methyl sites for hydroxylation is 1. The van der Waals surface area contributed by atoms with Crippen molar-refractivity contribution in [3.63, 3.8) is 0 Å². The van der Waals surface area contributed by atoms with Crippen LogP contribution in [-0.4, -0.2) is 31.2 Å². The zero-order valence-corrected chi connectivity index (χ0v) is 17.4. The van der Waals surface area contributed by atoms with E-state index in [0.29, 0.717) is 0 Å². The number of nitrogens with zero attached hydrogens (tertiary/aromatic N) is 1. The molecule has 1 amide bonds. The molecule has 1 saturated carbocycles. The summed E-state index contributed by atoms with van der Waals surface area (Å²) in [7, 11) is -3.96. The highest BCUT2D eigenvalue weighted by Gasteiger charge is 2.28. The fraction of sp³-hybridized carbons (Fsp3) is 0.409. The summed E-state index contributed by atoms with van der Waals surface area (Å²) in [5, 5.41) is 2.94. The van der Waals surface area contributed by atoms with Gasteiger partial charge in [0, 0.05) is 18.2 Å². The fourth-order valence-corrected chi connectivity index (χ4v) is 4.96. The molecular formula is C22H27FN2O3S. The first-order chi connectivity index (χ1) is 13.9. The Labute approximate surface area is 172 Å². The lowest BCUT2D eigenvalue weighted by Crippen LogP contribution is -2.44. The van der Waals surface area contributed by atoms with Crippen LogP contribution < -0.4 is 5.32 Å². The van der Waals surface area contributed by atoms with Gasteiger partial charge in [-0.05, 0) is 38.0 Å². The molecular weight excluding hydrogens is 391 g/mol. The van der Waals surface area contributed by atoms with Gasteiger partial charge in [0.1, 0.15) is 5.82 Å². The third-order valence-electron chi connectivity index (χ3n) is 5.25. The van der Waals surface area contributed by atoms with Crippen LogP contribution in [0.1, 0.15) is 43.2 Å². The number of amides is 1. The van der Waals surface area contributed by atoms with E-state index in [-0.39, 0.29) is 35.5 Å². The first-order valence-electron chi connectivity index (χ1n) is 9.96. The number of nitrogens with one attached hydrogen (secondary N) is 1. The minimum atomic E-state index is -3.96. The molecule has 1 aliphatic rings. The number of hydrogen-bond donors (Lipinski definition) is 1. The molecule has 1 aliphatic carbocycles. The topological polar surface area (TPSA) is 66.5 Å². The molecule has 7 heteroatoms. The van der Waals surface area contributed by atoms with E-state index in [4.69, 9.17) is 0 Å². The van der Waals surface area contributed by atoms with E-state index in [1.165, 1.54) is 24.3 Å². The summed E-state index contributed by atoms with van der Waals surface area (Å²) < 4.78 is 41.7. The van der Waals surface area contributed by atoms with Gasteiger partial charge in [-0.15, -0.1) is 0 Å². The van der Waals surface area contributed by atoms with Crippen molar-refractivity contribution in [1.82, 2.24) is 9.62 Å². The monoisotopic (exact) mass is 418 g/mol. The number of carbonyl (C=O) groups excluding carboxylic acids is 1. The van der Waals surface area contributed by atoms with Crippen LogP contribution >= 0.6 is 0 Å². The molecule has 2 aromatic rings. The Morgan fingerprint density at radius 1 is 1.07 bits per heavy atom. The fourth-order valence-electron chi connectivity index (χ4n) is 3.58. The highest BCUT2D eigenvalue weighted by atomic mass is 32.2. The minimum Gasteiger partial charge on any atom is -0.352 e. The Morgan fingerprint density at radius 2 is 1.72 bits per heavy atom. The molecule has 0 saturated heterocycles. The summed E-state index contributed by atoms with van der Waals surface area (Å²) in [6.45, 7) is 1.31. The molecule has 2 aromatic carbocycles. The van der Waals surface area contributed by atoms with E-state index >= 15 is 0 Å². The van der Waals surface area contributed by atoms with Crippen LogP contribution in [-0.2, 0) is 21.4 Å². The summed E-state index contributed by atoms with van der Waals surface area (Å²) in [4.78, 5) is 12.7. The largest absolute Gasteiger partial charge is 0.352 e. The van der Waals surface area contributed by atoms with Crippen LogP contribution in [0.15, 0.2) is 53.4 Å². The molecule has 0 atom stereocenters. The first kappa shape index (κ1) is 21.5.